The van der Waals surface area contributed by atoms with Crippen LogP contribution in [0.3, 0.4) is 0 Å². The molecule has 0 unspecified atom stereocenters. The number of hydrogen-bond donors (Lipinski definition) is 8. The van der Waals surface area contributed by atoms with E-state index < -0.39 is 5.97 Å². The number of aromatic carboxylic acids is 1. The smallest absolute Gasteiger partial charge is 0.373 e. The third kappa shape index (κ3) is 19.9. The van der Waals surface area contributed by atoms with Crippen molar-refractivity contribution < 1.29 is 54.0 Å². The van der Waals surface area contributed by atoms with Gasteiger partial charge in [0.1, 0.15) is 17.1 Å². The van der Waals surface area contributed by atoms with E-state index in [1.165, 1.54) is 27.1 Å². The normalized spacial score (nSPS) is 11.0. The van der Waals surface area contributed by atoms with Crippen LogP contribution in [0.5, 0.6) is 17.2 Å². The van der Waals surface area contributed by atoms with Crippen LogP contribution in [0.25, 0.3) is 33.8 Å². The highest BCUT2D eigenvalue weighted by Gasteiger charge is 2.24. The van der Waals surface area contributed by atoms with E-state index in [1.807, 2.05) is 24.3 Å². The van der Waals surface area contributed by atoms with Crippen molar-refractivity contribution in [3.63, 3.8) is 0 Å². The second kappa shape index (κ2) is 34.0. The lowest BCUT2D eigenvalue weighted by atomic mass is 9.86. The summed E-state index contributed by atoms with van der Waals surface area (Å²) < 4.78 is 4.65. The van der Waals surface area contributed by atoms with Gasteiger partial charge in [-0.25, -0.2) is 15.6 Å². The van der Waals surface area contributed by atoms with Crippen molar-refractivity contribution in [1.29, 1.82) is 0 Å². The van der Waals surface area contributed by atoms with Gasteiger partial charge in [-0.15, -0.1) is 0 Å². The zero-order chi connectivity index (χ0) is 68.9. The molecule has 3 heterocycles. The molecule has 24 nitrogen and oxygen atoms in total. The number of anilines is 1. The number of benzene rings is 6. The molecule has 0 saturated heterocycles. The highest BCUT2D eigenvalue weighted by Crippen LogP contribution is 2.38. The zero-order valence-corrected chi connectivity index (χ0v) is 54.8. The summed E-state index contributed by atoms with van der Waals surface area (Å²) in [4.78, 5) is 67.7. The van der Waals surface area contributed by atoms with Gasteiger partial charge in [0.2, 0.25) is 0 Å². The third-order valence-electron chi connectivity index (χ3n) is 12.9. The quantitative estimate of drug-likeness (QED) is 0.0302. The highest BCUT2D eigenvalue weighted by atomic mass is 35.5. The van der Waals surface area contributed by atoms with Crippen LogP contribution in [-0.4, -0.2) is 102 Å². The minimum atomic E-state index is -1.01. The first-order chi connectivity index (χ1) is 44.1. The molecule has 3 aromatic heterocycles. The van der Waals surface area contributed by atoms with Crippen molar-refractivity contribution in [2.75, 3.05) is 5.32 Å². The molecule has 9 rings (SSSR count). The van der Waals surface area contributed by atoms with Crippen LogP contribution in [-0.2, 0) is 45.7 Å². The molecular weight excluding hydrogens is 1300 g/mol. The summed E-state index contributed by atoms with van der Waals surface area (Å²) >= 11 is 29.3. The average Bonchev–Trinajstić information content (AvgIpc) is 1.69. The van der Waals surface area contributed by atoms with Crippen molar-refractivity contribution >= 4 is 117 Å². The highest BCUT2D eigenvalue weighted by molar-refractivity contribution is 7.80. The molecule has 6 aromatic carbocycles. The molecule has 29 heteroatoms. The van der Waals surface area contributed by atoms with Gasteiger partial charge in [-0.1, -0.05) is 140 Å². The van der Waals surface area contributed by atoms with Gasteiger partial charge in [0.15, 0.2) is 39.4 Å². The monoisotopic (exact) mass is 1360 g/mol. The molecule has 0 spiro atoms. The molecule has 480 valence electrons. The van der Waals surface area contributed by atoms with Crippen molar-refractivity contribution in [1.82, 2.24) is 45.6 Å². The summed E-state index contributed by atoms with van der Waals surface area (Å²) in [6.45, 7) is 11.5. The standard InChI is InChI=1S/C23H26N4O2.C20H17Cl2N5O3S.C19H16Cl2N4O2.2CO2/c1-15(24-25-22(29)17-9-7-6-8-10-17)19-21(28)20(27(5)26-19)16-11-13-18(14-12-16)23(2,3)4;1-10(24-25-20(31)23-13-6-3-11(4-7-13)19(29)30)16-18(28)17(27(2)26-16)12-5-8-14(21)15(22)9-12;1-11(22-23-19(27)12-6-4-3-5-7-12)16-18(26)17(25(2)24-16)13-8-9-14(20)15(21)10-13;2*2-1-3/h6-14,28H,1-5H3,(H,25,29);3-9,28H,1-2H3,(H,29,30)(H2,23,25,31);3-10,26H,1-2H3,(H,23,27);;/b24-15+;24-10+;22-11+;;. The first-order valence-corrected chi connectivity index (χ1v) is 29.0. The Morgan fingerprint density at radius 1 is 0.484 bits per heavy atom. The molecule has 0 fully saturated rings. The van der Waals surface area contributed by atoms with Gasteiger partial charge in [-0.05, 0) is 117 Å². The number of carboxylic acid groups (broad SMARTS) is 1. The number of hydrogen-bond acceptors (Lipinski definition) is 17. The van der Waals surface area contributed by atoms with Crippen LogP contribution in [0.1, 0.15) is 95.3 Å². The van der Waals surface area contributed by atoms with E-state index in [0.717, 1.165) is 5.56 Å². The Hall–Kier alpha value is -10.6. The van der Waals surface area contributed by atoms with Gasteiger partial charge in [0.05, 0.1) is 42.8 Å². The number of amides is 2. The Labute approximate surface area is 557 Å². The number of aryl methyl sites for hydroxylation is 3. The summed E-state index contributed by atoms with van der Waals surface area (Å²) in [6.07, 6.45) is 0.500. The lowest BCUT2D eigenvalue weighted by molar-refractivity contribution is -0.193. The minimum Gasteiger partial charge on any atom is -0.504 e. The van der Waals surface area contributed by atoms with E-state index in [9.17, 15) is 29.7 Å². The minimum absolute atomic E-state index is 0.0335. The van der Waals surface area contributed by atoms with Gasteiger partial charge in [-0.3, -0.25) is 29.1 Å². The maximum absolute atomic E-state index is 12.2. The number of hydrazone groups is 3. The molecule has 2 amide bonds. The molecule has 0 radical (unpaired) electrons. The maximum atomic E-state index is 12.2. The number of halogens is 4. The van der Waals surface area contributed by atoms with E-state index in [2.05, 4.69) is 85.1 Å². The van der Waals surface area contributed by atoms with Gasteiger partial charge in [0, 0.05) is 54.6 Å². The van der Waals surface area contributed by atoms with Crippen LogP contribution in [0.2, 0.25) is 20.1 Å². The topological polar surface area (TPSA) is 339 Å². The predicted molar refractivity (Wildman–Crippen MR) is 357 cm³/mol. The van der Waals surface area contributed by atoms with Gasteiger partial charge in [-0.2, -0.15) is 49.8 Å². The second-order valence-electron chi connectivity index (χ2n) is 20.4. The third-order valence-corrected chi connectivity index (χ3v) is 14.6. The molecule has 93 heavy (non-hydrogen) atoms. The van der Waals surface area contributed by atoms with Crippen molar-refractivity contribution in [3.8, 4) is 51.0 Å². The summed E-state index contributed by atoms with van der Waals surface area (Å²) in [5.74, 6) is -1.78. The van der Waals surface area contributed by atoms with Crippen LogP contribution >= 0.6 is 58.6 Å². The van der Waals surface area contributed by atoms with Gasteiger partial charge in [0.25, 0.3) is 11.8 Å². The average molecular weight is 1360 g/mol. The predicted octanol–water partition coefficient (Wildman–Crippen LogP) is 11.8. The molecule has 0 aliphatic carbocycles. The van der Waals surface area contributed by atoms with Crippen LogP contribution < -0.4 is 21.6 Å². The first-order valence-electron chi connectivity index (χ1n) is 27.1. The van der Waals surface area contributed by atoms with E-state index in [4.69, 9.17) is 82.9 Å². The number of carbonyl (C=O) groups excluding carboxylic acids is 6. The molecule has 0 aliphatic rings. The molecule has 0 bridgehead atoms. The lowest BCUT2D eigenvalue weighted by Gasteiger charge is -2.19. The summed E-state index contributed by atoms with van der Waals surface area (Å²) in [5.41, 5.74) is 16.4. The number of aromatic hydroxyl groups is 3. The molecule has 0 saturated carbocycles. The number of aromatic nitrogens is 6. The Kier molecular flexibility index (Phi) is 26.7. The van der Waals surface area contributed by atoms with Crippen molar-refractivity contribution in [3.05, 3.63) is 205 Å². The van der Waals surface area contributed by atoms with Crippen LogP contribution in [0.4, 0.5) is 5.69 Å². The lowest BCUT2D eigenvalue weighted by Crippen LogP contribution is -2.25. The largest absolute Gasteiger partial charge is 0.504 e. The number of rotatable bonds is 13. The van der Waals surface area contributed by atoms with Gasteiger partial charge >= 0.3 is 18.3 Å². The number of nitrogens with zero attached hydrogens (tertiary/aromatic N) is 9. The summed E-state index contributed by atoms with van der Waals surface area (Å²) in [7, 11) is 5.15. The SMILES string of the molecule is C/C(=N\NC(=O)c1ccccc1)c1nn(C)c(-c2ccc(C(C)(C)C)cc2)c1O.C/C(=N\NC(=O)c1ccccc1)c1nn(C)c(-c2ccc(Cl)c(Cl)c2)c1O.C/C(=N\NC(=S)Nc1ccc(C(=O)O)cc1)c1nn(C)c(-c2ccc(Cl)c(Cl)c2)c1O.O=C=O.O=C=O. The molecule has 9 aromatic rings. The van der Waals surface area contributed by atoms with Gasteiger partial charge < -0.3 is 25.7 Å². The van der Waals surface area contributed by atoms with E-state index in [-0.39, 0.29) is 68.8 Å². The van der Waals surface area contributed by atoms with Crippen molar-refractivity contribution in [2.24, 2.45) is 36.4 Å². The summed E-state index contributed by atoms with van der Waals surface area (Å²) in [5, 5.41) is 71.0. The molecular formula is C64H59Cl4N13O11S. The van der Waals surface area contributed by atoms with E-state index >= 15 is 0 Å². The van der Waals surface area contributed by atoms with Crippen LogP contribution in [0.15, 0.2) is 161 Å². The van der Waals surface area contributed by atoms with Crippen molar-refractivity contribution in [2.45, 2.75) is 47.0 Å². The summed E-state index contributed by atoms with van der Waals surface area (Å²) in [6, 6.07) is 41.7. The Morgan fingerprint density at radius 3 is 1.15 bits per heavy atom. The Balaban J connectivity index is 0.000000243. The number of carboxylic acids is 1. The number of carbonyl (C=O) groups is 3. The fourth-order valence-corrected chi connectivity index (χ4v) is 9.14. The van der Waals surface area contributed by atoms with Crippen LogP contribution in [0, 0.1) is 0 Å². The zero-order valence-electron chi connectivity index (χ0n) is 50.9. The fourth-order valence-electron chi connectivity index (χ4n) is 8.38. The molecule has 0 atom stereocenters. The van der Waals surface area contributed by atoms with E-state index in [0.29, 0.717) is 87.9 Å². The second-order valence-corrected chi connectivity index (χ2v) is 22.5. The first kappa shape index (κ1) is 73.1. The molecule has 0 aliphatic heterocycles. The molecule has 8 N–H and O–H groups in total. The maximum Gasteiger partial charge on any atom is 0.373 e. The Morgan fingerprint density at radius 2 is 0.817 bits per heavy atom. The van der Waals surface area contributed by atoms with E-state index in [1.54, 1.807) is 144 Å². The number of nitrogens with one attached hydrogen (secondary N) is 4. The Bertz CT molecular complexity index is 4320. The fraction of sp³-hybridized carbons (Fsp3) is 0.156. The number of thiocarbonyl (C=S) groups is 1.